The number of ether oxygens (including phenoxy) is 1. The number of carbonyl (C=O) groups is 5. The smallest absolute Gasteiger partial charge is 0.408 e. The van der Waals surface area contributed by atoms with Gasteiger partial charge in [-0.05, 0) is 50.2 Å². The lowest BCUT2D eigenvalue weighted by molar-refractivity contribution is -0.143. The maximum absolute atomic E-state index is 13.6. The second-order valence-electron chi connectivity index (χ2n) is 12.4. The van der Waals surface area contributed by atoms with E-state index in [1.165, 1.54) is 6.92 Å². The Morgan fingerprint density at radius 3 is 2.00 bits per heavy atom. The number of nitrogens with zero attached hydrogens (tertiary/aromatic N) is 1. The number of amides is 4. The minimum atomic E-state index is -1.05. The van der Waals surface area contributed by atoms with E-state index in [9.17, 15) is 29.1 Å². The van der Waals surface area contributed by atoms with Gasteiger partial charge < -0.3 is 25.8 Å². The number of aliphatic hydroxyl groups is 1. The molecule has 0 spiro atoms. The lowest BCUT2D eigenvalue weighted by Crippen LogP contribution is -2.57. The summed E-state index contributed by atoms with van der Waals surface area (Å²) in [6.07, 6.45) is 0.238. The van der Waals surface area contributed by atoms with Gasteiger partial charge >= 0.3 is 6.09 Å². The zero-order chi connectivity index (χ0) is 34.9. The molecule has 0 saturated carbocycles. The zero-order valence-corrected chi connectivity index (χ0v) is 28.1. The van der Waals surface area contributed by atoms with Crippen molar-refractivity contribution in [3.05, 3.63) is 71.8 Å². The lowest BCUT2D eigenvalue weighted by Gasteiger charge is -2.31. The third-order valence-electron chi connectivity index (χ3n) is 7.76. The molecule has 0 aliphatic rings. The fraction of sp³-hybridized carbons (Fsp3) is 0.514. The number of hydrazine groups is 1. The number of nitrogens with one attached hydrogen (secondary N) is 3. The Morgan fingerprint density at radius 2 is 1.43 bits per heavy atom. The molecule has 0 heterocycles. The molecule has 0 bridgehead atoms. The van der Waals surface area contributed by atoms with Crippen LogP contribution in [-0.4, -0.2) is 71.0 Å². The molecular formula is C35H51N5O7. The first-order valence-corrected chi connectivity index (χ1v) is 16.1. The van der Waals surface area contributed by atoms with E-state index in [1.807, 2.05) is 74.5 Å². The predicted molar refractivity (Wildman–Crippen MR) is 178 cm³/mol. The summed E-state index contributed by atoms with van der Waals surface area (Å²) < 4.78 is 5.18. The molecule has 12 nitrogen and oxygen atoms in total. The second-order valence-corrected chi connectivity index (χ2v) is 12.4. The lowest BCUT2D eigenvalue weighted by atomic mass is 9.87. The Labute approximate surface area is 277 Å². The number of carbonyl (C=O) groups excluding carboxylic acids is 5. The van der Waals surface area contributed by atoms with Gasteiger partial charge in [-0.3, -0.25) is 24.2 Å². The number of alkyl carbamates (subject to hydrolysis) is 1. The molecule has 12 heteroatoms. The van der Waals surface area contributed by atoms with E-state index in [-0.39, 0.29) is 31.3 Å². The molecule has 2 aromatic rings. The number of benzene rings is 2. The summed E-state index contributed by atoms with van der Waals surface area (Å²) in [7, 11) is 0. The Kier molecular flexibility index (Phi) is 16.6. The highest BCUT2D eigenvalue weighted by Gasteiger charge is 2.33. The summed E-state index contributed by atoms with van der Waals surface area (Å²) >= 11 is 0. The highest BCUT2D eigenvalue weighted by molar-refractivity contribution is 5.93. The standard InChI is InChI=1S/C35H51N5O7/c1-23(2)20-37-34(45)31(24(3)21-41)40(36)30(42)18-12-17-29(19-27-13-8-6-9-14-27)32(43)25(4)38-33(44)26(5)39-35(46)47-22-28-15-10-7-11-16-28/h6-11,13-16,23-26,29,31,41H,12,17-22,36H2,1-5H3,(H,37,45)(H,38,44)(H,39,46)/t24?,25-,26-,29?,31-/m0/s1. The number of ketones is 1. The fourth-order valence-electron chi connectivity index (χ4n) is 4.97. The molecule has 2 unspecified atom stereocenters. The third-order valence-corrected chi connectivity index (χ3v) is 7.76. The molecule has 4 amide bonds. The average Bonchev–Trinajstić information content (AvgIpc) is 3.06. The van der Waals surface area contributed by atoms with Crippen molar-refractivity contribution in [3.63, 3.8) is 0 Å². The number of aliphatic hydroxyl groups excluding tert-OH is 1. The van der Waals surface area contributed by atoms with E-state index in [4.69, 9.17) is 10.6 Å². The van der Waals surface area contributed by atoms with E-state index >= 15 is 0 Å². The van der Waals surface area contributed by atoms with Crippen molar-refractivity contribution in [1.29, 1.82) is 0 Å². The minimum Gasteiger partial charge on any atom is -0.445 e. The number of Topliss-reactive ketones (excluding diaryl/α,β-unsaturated/α-hetero) is 1. The normalized spacial score (nSPS) is 14.2. The SMILES string of the molecule is CC(C)CNC(=O)[C@H](C(C)CO)N(N)C(=O)CCCC(Cc1ccccc1)C(=O)[C@H](C)NC(=O)[C@H](C)NC(=O)OCc1ccccc1. The van der Waals surface area contributed by atoms with Crippen LogP contribution < -0.4 is 21.8 Å². The molecule has 0 radical (unpaired) electrons. The average molecular weight is 654 g/mol. The molecule has 2 rings (SSSR count). The molecule has 6 N–H and O–H groups in total. The number of hydrogen-bond donors (Lipinski definition) is 5. The maximum atomic E-state index is 13.6. The topological polar surface area (TPSA) is 180 Å². The van der Waals surface area contributed by atoms with Gasteiger partial charge in [0, 0.05) is 31.4 Å². The third kappa shape index (κ3) is 13.5. The van der Waals surface area contributed by atoms with Crippen molar-refractivity contribution in [1.82, 2.24) is 21.0 Å². The van der Waals surface area contributed by atoms with Crippen molar-refractivity contribution >= 4 is 29.6 Å². The van der Waals surface area contributed by atoms with Gasteiger partial charge in [0.2, 0.25) is 17.7 Å². The van der Waals surface area contributed by atoms with Gasteiger partial charge in [-0.15, -0.1) is 0 Å². The van der Waals surface area contributed by atoms with Crippen molar-refractivity contribution in [2.45, 2.75) is 85.0 Å². The van der Waals surface area contributed by atoms with E-state index in [2.05, 4.69) is 16.0 Å². The largest absolute Gasteiger partial charge is 0.445 e. The zero-order valence-electron chi connectivity index (χ0n) is 28.1. The molecule has 47 heavy (non-hydrogen) atoms. The van der Waals surface area contributed by atoms with Gasteiger partial charge in [0.25, 0.3) is 0 Å². The van der Waals surface area contributed by atoms with Crippen LogP contribution in [0.1, 0.15) is 65.0 Å². The van der Waals surface area contributed by atoms with Crippen LogP contribution in [0.3, 0.4) is 0 Å². The van der Waals surface area contributed by atoms with Crippen LogP contribution in [0, 0.1) is 17.8 Å². The first-order valence-electron chi connectivity index (χ1n) is 16.1. The Hall–Kier alpha value is -4.29. The van der Waals surface area contributed by atoms with Crippen LogP contribution in [0.25, 0.3) is 0 Å². The molecule has 0 aliphatic heterocycles. The Bertz CT molecular complexity index is 1290. The number of nitrogens with two attached hydrogens (primary N) is 1. The van der Waals surface area contributed by atoms with Gasteiger partial charge in [-0.2, -0.15) is 0 Å². The molecule has 258 valence electrons. The van der Waals surface area contributed by atoms with Crippen molar-refractivity contribution in [2.75, 3.05) is 13.2 Å². The van der Waals surface area contributed by atoms with Crippen LogP contribution >= 0.6 is 0 Å². The summed E-state index contributed by atoms with van der Waals surface area (Å²) in [4.78, 5) is 64.6. The first-order chi connectivity index (χ1) is 22.3. The Morgan fingerprint density at radius 1 is 0.830 bits per heavy atom. The fourth-order valence-corrected chi connectivity index (χ4v) is 4.97. The van der Waals surface area contributed by atoms with E-state index in [0.29, 0.717) is 25.8 Å². The summed E-state index contributed by atoms with van der Waals surface area (Å²) in [5.74, 6) is 3.49. The van der Waals surface area contributed by atoms with Crippen LogP contribution in [0.15, 0.2) is 60.7 Å². The van der Waals surface area contributed by atoms with Gasteiger partial charge in [0.15, 0.2) is 5.78 Å². The van der Waals surface area contributed by atoms with Gasteiger partial charge in [-0.25, -0.2) is 10.6 Å². The van der Waals surface area contributed by atoms with Gasteiger partial charge in [0.1, 0.15) is 18.7 Å². The van der Waals surface area contributed by atoms with Crippen LogP contribution in [0.4, 0.5) is 4.79 Å². The minimum absolute atomic E-state index is 0.0199. The summed E-state index contributed by atoms with van der Waals surface area (Å²) in [5.41, 5.74) is 1.72. The molecule has 0 aromatic heterocycles. The summed E-state index contributed by atoms with van der Waals surface area (Å²) in [5, 5.41) is 18.5. The molecule has 2 aromatic carbocycles. The van der Waals surface area contributed by atoms with E-state index < -0.39 is 53.8 Å². The van der Waals surface area contributed by atoms with Crippen LogP contribution in [-0.2, 0) is 36.9 Å². The number of rotatable bonds is 19. The highest BCUT2D eigenvalue weighted by atomic mass is 16.5. The van der Waals surface area contributed by atoms with Crippen LogP contribution in [0.5, 0.6) is 0 Å². The van der Waals surface area contributed by atoms with E-state index in [0.717, 1.165) is 16.1 Å². The van der Waals surface area contributed by atoms with Crippen molar-refractivity contribution < 1.29 is 33.8 Å². The predicted octanol–water partition coefficient (Wildman–Crippen LogP) is 2.88. The molecule has 0 fully saturated rings. The molecule has 5 atom stereocenters. The molecule has 0 aliphatic carbocycles. The van der Waals surface area contributed by atoms with Crippen LogP contribution in [0.2, 0.25) is 0 Å². The Balaban J connectivity index is 2.00. The van der Waals surface area contributed by atoms with Crippen molar-refractivity contribution in [3.8, 4) is 0 Å². The monoisotopic (exact) mass is 653 g/mol. The second kappa shape index (κ2) is 20.1. The first kappa shape index (κ1) is 38.9. The van der Waals surface area contributed by atoms with E-state index in [1.54, 1.807) is 13.8 Å². The molecular weight excluding hydrogens is 602 g/mol. The maximum Gasteiger partial charge on any atom is 0.408 e. The van der Waals surface area contributed by atoms with Crippen molar-refractivity contribution in [2.24, 2.45) is 23.6 Å². The van der Waals surface area contributed by atoms with Gasteiger partial charge in [0.05, 0.1) is 6.04 Å². The summed E-state index contributed by atoms with van der Waals surface area (Å²) in [6.45, 7) is 8.73. The highest BCUT2D eigenvalue weighted by Crippen LogP contribution is 2.20. The summed E-state index contributed by atoms with van der Waals surface area (Å²) in [6, 6.07) is 15.7. The molecule has 0 saturated heterocycles. The quantitative estimate of drug-likeness (QED) is 0.0872. The number of hydrogen-bond acceptors (Lipinski definition) is 8. The van der Waals surface area contributed by atoms with Gasteiger partial charge in [-0.1, -0.05) is 81.4 Å².